The minimum atomic E-state index is 0.439. The lowest BCUT2D eigenvalue weighted by molar-refractivity contribution is 1.02. The third-order valence-electron chi connectivity index (χ3n) is 1.62. The molecule has 12 heavy (non-hydrogen) atoms. The molecule has 0 aliphatic heterocycles. The van der Waals surface area contributed by atoms with Gasteiger partial charge >= 0.3 is 0 Å². The number of hydrogen-bond donors (Lipinski definition) is 0. The van der Waals surface area contributed by atoms with E-state index in [-0.39, 0.29) is 0 Å². The fourth-order valence-electron chi connectivity index (χ4n) is 1.28. The lowest BCUT2D eigenvalue weighted by Gasteiger charge is -2.13. The van der Waals surface area contributed by atoms with Crippen LogP contribution < -0.4 is 0 Å². The first kappa shape index (κ1) is 15.0. The summed E-state index contributed by atoms with van der Waals surface area (Å²) in [7, 11) is 4.94. The zero-order valence-corrected chi connectivity index (χ0v) is 10.2. The second kappa shape index (κ2) is 14.0. The highest BCUT2D eigenvalue weighted by Gasteiger charge is 2.02. The van der Waals surface area contributed by atoms with Crippen molar-refractivity contribution in [3.8, 4) is 0 Å². The van der Waals surface area contributed by atoms with Crippen molar-refractivity contribution >= 4 is 15.8 Å². The van der Waals surface area contributed by atoms with Gasteiger partial charge in [0.2, 0.25) is 0 Å². The molecule has 0 heterocycles. The largest absolute Gasteiger partial charge is 0.107 e. The van der Waals surface area contributed by atoms with E-state index in [0.717, 1.165) is 0 Å². The van der Waals surface area contributed by atoms with Gasteiger partial charge in [0.25, 0.3) is 0 Å². The first-order valence-electron chi connectivity index (χ1n) is 5.15. The van der Waals surface area contributed by atoms with Crippen molar-refractivity contribution < 1.29 is 0 Å². The second-order valence-electron chi connectivity index (χ2n) is 2.84. The lowest BCUT2D eigenvalue weighted by atomic mass is 10.2. The van der Waals surface area contributed by atoms with Gasteiger partial charge in [-0.05, 0) is 18.5 Å². The fourth-order valence-corrected chi connectivity index (χ4v) is 3.85. The maximum Gasteiger partial charge on any atom is 0.0606 e. The Morgan fingerprint density at radius 1 is 0.750 bits per heavy atom. The molecule has 0 aliphatic carbocycles. The van der Waals surface area contributed by atoms with Crippen LogP contribution in [-0.4, -0.2) is 26.3 Å². The molecule has 2 heteroatoms. The number of rotatable bonds is 6. The van der Waals surface area contributed by atoms with Gasteiger partial charge in [-0.2, -0.15) is 0 Å². The maximum atomic E-state index is 4.50. The molecule has 0 aromatic carbocycles. The van der Waals surface area contributed by atoms with E-state index in [1.54, 1.807) is 0 Å². The van der Waals surface area contributed by atoms with Gasteiger partial charge in [-0.25, -0.2) is 0 Å². The Labute approximate surface area is 81.7 Å². The highest BCUT2D eigenvalue weighted by molar-refractivity contribution is 7.57. The zero-order chi connectivity index (χ0) is 9.82. The Morgan fingerprint density at radius 2 is 1.00 bits per heavy atom. The van der Waals surface area contributed by atoms with Gasteiger partial charge in [0, 0.05) is 0 Å². The van der Waals surface area contributed by atoms with Crippen molar-refractivity contribution in [3.63, 3.8) is 0 Å². The summed E-state index contributed by atoms with van der Waals surface area (Å²) in [5, 5.41) is 0. The first-order valence-corrected chi connectivity index (χ1v) is 7.04. The Morgan fingerprint density at radius 3 is 1.17 bits per heavy atom. The highest BCUT2D eigenvalue weighted by Crippen LogP contribution is 2.37. The third kappa shape index (κ3) is 10.5. The van der Waals surface area contributed by atoms with Crippen molar-refractivity contribution in [1.82, 2.24) is 0 Å². The molecule has 72 valence electrons. The van der Waals surface area contributed by atoms with Crippen LogP contribution in [0.5, 0.6) is 0 Å². The summed E-state index contributed by atoms with van der Waals surface area (Å²) in [5.74, 6) is 0. The van der Waals surface area contributed by atoms with Crippen LogP contribution in [-0.2, 0) is 0 Å². The molecular formula is C10H24BP. The van der Waals surface area contributed by atoms with Gasteiger partial charge in [0.05, 0.1) is 7.85 Å². The molecule has 0 saturated heterocycles. The normalized spacial score (nSPS) is 9.42. The van der Waals surface area contributed by atoms with Gasteiger partial charge in [0.1, 0.15) is 0 Å². The smallest absolute Gasteiger partial charge is 0.0606 e. The van der Waals surface area contributed by atoms with Crippen molar-refractivity contribution in [1.29, 1.82) is 0 Å². The van der Waals surface area contributed by atoms with Crippen LogP contribution in [0, 0.1) is 0 Å². The molecule has 0 rings (SSSR count). The van der Waals surface area contributed by atoms with Crippen LogP contribution in [0.3, 0.4) is 0 Å². The number of hydrogen-bond acceptors (Lipinski definition) is 0. The van der Waals surface area contributed by atoms with Crippen molar-refractivity contribution in [3.05, 3.63) is 0 Å². The molecule has 0 unspecified atom stereocenters. The van der Waals surface area contributed by atoms with E-state index in [0.29, 0.717) is 7.92 Å². The van der Waals surface area contributed by atoms with Crippen molar-refractivity contribution in [2.24, 2.45) is 0 Å². The molecule has 2 radical (unpaired) electrons. The molecule has 0 aromatic rings. The SMILES string of the molecule is CCCP(CCC)CCC.[B]C. The second-order valence-corrected chi connectivity index (χ2v) is 5.52. The van der Waals surface area contributed by atoms with Crippen molar-refractivity contribution in [2.45, 2.75) is 46.9 Å². The summed E-state index contributed by atoms with van der Waals surface area (Å²) >= 11 is 0. The van der Waals surface area contributed by atoms with Crippen LogP contribution in [0.4, 0.5) is 0 Å². The molecule has 0 bridgehead atoms. The van der Waals surface area contributed by atoms with Crippen molar-refractivity contribution in [2.75, 3.05) is 18.5 Å². The molecule has 0 aromatic heterocycles. The molecular weight excluding hydrogens is 162 g/mol. The van der Waals surface area contributed by atoms with Gasteiger partial charge in [-0.15, -0.1) is 7.92 Å². The molecule has 0 spiro atoms. The van der Waals surface area contributed by atoms with Crippen LogP contribution >= 0.6 is 7.92 Å². The van der Waals surface area contributed by atoms with E-state index < -0.39 is 0 Å². The van der Waals surface area contributed by atoms with Gasteiger partial charge in [-0.1, -0.05) is 46.9 Å². The zero-order valence-electron chi connectivity index (χ0n) is 9.27. The summed E-state index contributed by atoms with van der Waals surface area (Å²) in [6.07, 6.45) is 8.72. The molecule has 0 aliphatic rings. The minimum absolute atomic E-state index is 0.439. The molecule has 0 nitrogen and oxygen atoms in total. The summed E-state index contributed by atoms with van der Waals surface area (Å²) in [6, 6.07) is 0. The maximum absolute atomic E-state index is 4.50. The standard InChI is InChI=1S/C9H21P.CH3B/c1-4-7-10(8-5-2)9-6-3;1-2/h4-9H2,1-3H3;1H3. The Hall–Kier alpha value is 0.495. The van der Waals surface area contributed by atoms with Gasteiger partial charge in [0.15, 0.2) is 0 Å². The van der Waals surface area contributed by atoms with E-state index in [1.165, 1.54) is 44.6 Å². The van der Waals surface area contributed by atoms with E-state index in [9.17, 15) is 0 Å². The topological polar surface area (TPSA) is 0 Å². The average molecular weight is 186 g/mol. The predicted octanol–water partition coefficient (Wildman–Crippen LogP) is 3.90. The Balaban J connectivity index is 0. The molecule has 0 saturated carbocycles. The van der Waals surface area contributed by atoms with E-state index in [2.05, 4.69) is 28.6 Å². The van der Waals surface area contributed by atoms with Gasteiger partial charge < -0.3 is 0 Å². The fraction of sp³-hybridized carbons (Fsp3) is 1.00. The lowest BCUT2D eigenvalue weighted by Crippen LogP contribution is -1.92. The average Bonchev–Trinajstić information content (AvgIpc) is 2.10. The summed E-state index contributed by atoms with van der Waals surface area (Å²) in [4.78, 5) is 0. The Bertz CT molecular complexity index is 52.6. The molecule has 0 fully saturated rings. The van der Waals surface area contributed by atoms with Gasteiger partial charge in [-0.3, -0.25) is 0 Å². The van der Waals surface area contributed by atoms with Crippen LogP contribution in [0.15, 0.2) is 0 Å². The Kier molecular flexibility index (Phi) is 17.5. The molecule has 0 N–H and O–H groups in total. The summed E-state index contributed by atoms with van der Waals surface area (Å²) in [6.45, 7) is 8.42. The van der Waals surface area contributed by atoms with Crippen LogP contribution in [0.2, 0.25) is 6.82 Å². The first-order chi connectivity index (χ1) is 5.85. The highest BCUT2D eigenvalue weighted by atomic mass is 31.1. The minimum Gasteiger partial charge on any atom is -0.107 e. The van der Waals surface area contributed by atoms with E-state index >= 15 is 0 Å². The van der Waals surface area contributed by atoms with E-state index in [1.807, 2.05) is 0 Å². The predicted molar refractivity (Wildman–Crippen MR) is 64.0 cm³/mol. The van der Waals surface area contributed by atoms with Crippen LogP contribution in [0.25, 0.3) is 0 Å². The summed E-state index contributed by atoms with van der Waals surface area (Å²) < 4.78 is 0. The van der Waals surface area contributed by atoms with Crippen LogP contribution in [0.1, 0.15) is 40.0 Å². The summed E-state index contributed by atoms with van der Waals surface area (Å²) in [5.41, 5.74) is 0. The quantitative estimate of drug-likeness (QED) is 0.435. The monoisotopic (exact) mass is 186 g/mol. The van der Waals surface area contributed by atoms with E-state index in [4.69, 9.17) is 0 Å². The molecule has 0 amide bonds. The third-order valence-corrected chi connectivity index (χ3v) is 4.86. The molecule has 0 atom stereocenters.